The van der Waals surface area contributed by atoms with Gasteiger partial charge in [-0.25, -0.2) is 9.48 Å². The molecule has 0 aliphatic carbocycles. The van der Waals surface area contributed by atoms with Gasteiger partial charge in [0.2, 0.25) is 0 Å². The van der Waals surface area contributed by atoms with Crippen LogP contribution in [0.15, 0.2) is 59.2 Å². The van der Waals surface area contributed by atoms with E-state index in [2.05, 4.69) is 39.6 Å². The molecule has 0 bridgehead atoms. The zero-order chi connectivity index (χ0) is 21.8. The highest BCUT2D eigenvalue weighted by atomic mass is 32.1. The number of thiophene rings is 1. The normalized spacial score (nSPS) is 14.1. The van der Waals surface area contributed by atoms with Gasteiger partial charge in [0.15, 0.2) is 0 Å². The summed E-state index contributed by atoms with van der Waals surface area (Å²) in [7, 11) is 0. The molecule has 1 aromatic carbocycles. The van der Waals surface area contributed by atoms with E-state index in [1.165, 1.54) is 16.6 Å². The van der Waals surface area contributed by atoms with Gasteiger partial charge in [0, 0.05) is 53.7 Å². The monoisotopic (exact) mass is 446 g/mol. The van der Waals surface area contributed by atoms with Gasteiger partial charge in [0.1, 0.15) is 6.33 Å². The maximum absolute atomic E-state index is 12.8. The summed E-state index contributed by atoms with van der Waals surface area (Å²) in [6.07, 6.45) is -0.497. The van der Waals surface area contributed by atoms with Crippen molar-refractivity contribution in [2.45, 2.75) is 13.1 Å². The van der Waals surface area contributed by atoms with E-state index in [4.69, 9.17) is 5.73 Å². The Morgan fingerprint density at radius 3 is 2.55 bits per heavy atom. The van der Waals surface area contributed by atoms with Crippen LogP contribution in [0, 0.1) is 0 Å². The summed E-state index contributed by atoms with van der Waals surface area (Å²) < 4.78 is 28.0. The number of piperazine rings is 1. The molecule has 0 unspecified atom stereocenters. The molecule has 4 rings (SSSR count). The fourth-order valence-electron chi connectivity index (χ4n) is 3.52. The van der Waals surface area contributed by atoms with Crippen molar-refractivity contribution in [3.63, 3.8) is 0 Å². The lowest BCUT2D eigenvalue weighted by molar-refractivity contribution is 0.400. The van der Waals surface area contributed by atoms with E-state index < -0.39 is 11.8 Å². The van der Waals surface area contributed by atoms with E-state index in [9.17, 15) is 13.6 Å². The van der Waals surface area contributed by atoms with E-state index in [-0.39, 0.29) is 18.7 Å². The fourth-order valence-corrected chi connectivity index (χ4v) is 4.53. The van der Waals surface area contributed by atoms with Gasteiger partial charge < -0.3 is 16.0 Å². The standard InChI is InChI=1S/C21H24F2N6OS/c22-20(23)16(11-24)12-29-21(30)28(14-26-29)13-18-5-6-19(31-18)15-1-3-17(4-2-15)27-9-7-25-8-10-27/h1-6,14,25H,7-13,24H2. The Balaban J connectivity index is 1.45. The molecule has 1 aliphatic rings. The first-order valence-electron chi connectivity index (χ1n) is 10.1. The van der Waals surface area contributed by atoms with Gasteiger partial charge in [-0.1, -0.05) is 12.1 Å². The third-order valence-electron chi connectivity index (χ3n) is 5.27. The Bertz CT molecular complexity index is 1110. The van der Waals surface area contributed by atoms with Crippen LogP contribution in [0.5, 0.6) is 0 Å². The van der Waals surface area contributed by atoms with Crippen LogP contribution in [0.2, 0.25) is 0 Å². The number of nitrogens with zero attached hydrogens (tertiary/aromatic N) is 4. The quantitative estimate of drug-likeness (QED) is 0.582. The molecule has 1 aliphatic heterocycles. The van der Waals surface area contributed by atoms with Crippen molar-refractivity contribution in [2.24, 2.45) is 5.73 Å². The van der Waals surface area contributed by atoms with Crippen LogP contribution in [0.25, 0.3) is 10.4 Å². The summed E-state index contributed by atoms with van der Waals surface area (Å²) in [5.41, 5.74) is 6.92. The number of rotatable bonds is 7. The minimum Gasteiger partial charge on any atom is -0.369 e. The van der Waals surface area contributed by atoms with Crippen LogP contribution in [-0.2, 0) is 13.1 Å². The molecule has 10 heteroatoms. The number of nitrogens with two attached hydrogens (primary N) is 1. The highest BCUT2D eigenvalue weighted by Gasteiger charge is 2.13. The van der Waals surface area contributed by atoms with E-state index in [0.29, 0.717) is 6.54 Å². The average Bonchev–Trinajstić information content (AvgIpc) is 3.40. The molecule has 1 fully saturated rings. The second-order valence-electron chi connectivity index (χ2n) is 7.32. The maximum atomic E-state index is 12.8. The van der Waals surface area contributed by atoms with Gasteiger partial charge in [-0.15, -0.1) is 11.3 Å². The molecule has 3 N–H and O–H groups in total. The predicted octanol–water partition coefficient (Wildman–Crippen LogP) is 2.34. The largest absolute Gasteiger partial charge is 0.369 e. The molecule has 7 nitrogen and oxygen atoms in total. The first kappa shape index (κ1) is 21.4. The Kier molecular flexibility index (Phi) is 6.59. The molecular weight excluding hydrogens is 422 g/mol. The number of anilines is 1. The number of nitrogens with one attached hydrogen (secondary N) is 1. The average molecular weight is 447 g/mol. The Morgan fingerprint density at radius 2 is 1.87 bits per heavy atom. The summed E-state index contributed by atoms with van der Waals surface area (Å²) >= 11 is 1.59. The minimum atomic E-state index is -1.87. The number of aromatic nitrogens is 3. The molecule has 31 heavy (non-hydrogen) atoms. The van der Waals surface area contributed by atoms with E-state index >= 15 is 0 Å². The molecule has 0 saturated carbocycles. The topological polar surface area (TPSA) is 81.1 Å². The molecule has 0 atom stereocenters. The molecule has 0 spiro atoms. The highest BCUT2D eigenvalue weighted by molar-refractivity contribution is 7.15. The van der Waals surface area contributed by atoms with Gasteiger partial charge >= 0.3 is 5.69 Å². The van der Waals surface area contributed by atoms with Crippen molar-refractivity contribution < 1.29 is 8.78 Å². The highest BCUT2D eigenvalue weighted by Crippen LogP contribution is 2.30. The van der Waals surface area contributed by atoms with Crippen LogP contribution in [0.1, 0.15) is 4.88 Å². The second kappa shape index (κ2) is 9.54. The number of halogens is 2. The van der Waals surface area contributed by atoms with E-state index in [0.717, 1.165) is 46.2 Å². The predicted molar refractivity (Wildman–Crippen MR) is 119 cm³/mol. The van der Waals surface area contributed by atoms with Gasteiger partial charge in [0.05, 0.1) is 13.1 Å². The zero-order valence-electron chi connectivity index (χ0n) is 16.9. The van der Waals surface area contributed by atoms with E-state index in [1.54, 1.807) is 11.3 Å². The molecule has 1 saturated heterocycles. The first-order valence-corrected chi connectivity index (χ1v) is 10.9. The molecular formula is C21H24F2N6OS. The van der Waals surface area contributed by atoms with E-state index in [1.807, 2.05) is 12.1 Å². The summed E-state index contributed by atoms with van der Waals surface area (Å²) in [6.45, 7) is 3.72. The van der Waals surface area contributed by atoms with Gasteiger partial charge in [-0.2, -0.15) is 13.9 Å². The van der Waals surface area contributed by atoms with Gasteiger partial charge in [-0.05, 0) is 29.8 Å². The van der Waals surface area contributed by atoms with Crippen LogP contribution in [0.4, 0.5) is 14.5 Å². The second-order valence-corrected chi connectivity index (χ2v) is 8.49. The smallest absolute Gasteiger partial charge is 0.346 e. The Labute approximate surface area is 182 Å². The van der Waals surface area contributed by atoms with Crippen molar-refractivity contribution >= 4 is 17.0 Å². The van der Waals surface area contributed by atoms with Gasteiger partial charge in [-0.3, -0.25) is 4.57 Å². The van der Waals surface area contributed by atoms with Crippen molar-refractivity contribution in [3.05, 3.63) is 69.7 Å². The summed E-state index contributed by atoms with van der Waals surface area (Å²) in [5.74, 6) is 0. The van der Waals surface area contributed by atoms with Crippen LogP contribution < -0.4 is 21.6 Å². The SMILES string of the molecule is NCC(Cn1ncn(Cc2ccc(-c3ccc(N4CCNCC4)cc3)s2)c1=O)=C(F)F. The minimum absolute atomic E-state index is 0.296. The molecule has 164 valence electrons. The summed E-state index contributed by atoms with van der Waals surface area (Å²) in [6, 6.07) is 12.5. The molecule has 2 aromatic heterocycles. The molecule has 0 amide bonds. The third kappa shape index (κ3) is 4.92. The lowest BCUT2D eigenvalue weighted by Gasteiger charge is -2.29. The lowest BCUT2D eigenvalue weighted by atomic mass is 10.1. The van der Waals surface area contributed by atoms with Crippen molar-refractivity contribution in [2.75, 3.05) is 37.6 Å². The van der Waals surface area contributed by atoms with Crippen molar-refractivity contribution in [1.29, 1.82) is 0 Å². The summed E-state index contributed by atoms with van der Waals surface area (Å²) in [5, 5.41) is 7.30. The Morgan fingerprint density at radius 1 is 1.13 bits per heavy atom. The van der Waals surface area contributed by atoms with Crippen LogP contribution >= 0.6 is 11.3 Å². The first-order chi connectivity index (χ1) is 15.0. The maximum Gasteiger partial charge on any atom is 0.346 e. The lowest BCUT2D eigenvalue weighted by Crippen LogP contribution is -2.43. The number of hydrogen-bond acceptors (Lipinski definition) is 6. The third-order valence-corrected chi connectivity index (χ3v) is 6.39. The Hall–Kier alpha value is -2.82. The van der Waals surface area contributed by atoms with Gasteiger partial charge in [0.25, 0.3) is 6.08 Å². The number of hydrogen-bond donors (Lipinski definition) is 2. The zero-order valence-corrected chi connectivity index (χ0v) is 17.7. The number of benzene rings is 1. The molecule has 0 radical (unpaired) electrons. The fraction of sp³-hybridized carbons (Fsp3) is 0.333. The van der Waals surface area contributed by atoms with Crippen LogP contribution in [-0.4, -0.2) is 47.1 Å². The van der Waals surface area contributed by atoms with Crippen molar-refractivity contribution in [3.8, 4) is 10.4 Å². The molecule has 3 heterocycles. The van der Waals surface area contributed by atoms with Crippen molar-refractivity contribution in [1.82, 2.24) is 19.7 Å². The summed E-state index contributed by atoms with van der Waals surface area (Å²) in [4.78, 5) is 16.9. The van der Waals surface area contributed by atoms with Crippen LogP contribution in [0.3, 0.4) is 0 Å². The molecule has 3 aromatic rings.